The molecule has 0 spiro atoms. The van der Waals surface area contributed by atoms with Gasteiger partial charge < -0.3 is 15.5 Å². The molecule has 2 amide bonds. The Kier molecular flexibility index (Phi) is 6.65. The fraction of sp³-hybridized carbons (Fsp3) is 0.316. The number of aromatic nitrogens is 1. The minimum absolute atomic E-state index is 0.307. The van der Waals surface area contributed by atoms with Crippen molar-refractivity contribution in [2.45, 2.75) is 26.9 Å². The lowest BCUT2D eigenvalue weighted by Gasteiger charge is -2.14. The SMILES string of the molecule is CCN(C)Cc1cccc(CNC(=O)C(=O)Nc2cnccc2C)c1. The second-order valence-electron chi connectivity index (χ2n) is 5.98. The van der Waals surface area contributed by atoms with Crippen molar-refractivity contribution in [3.8, 4) is 0 Å². The van der Waals surface area contributed by atoms with E-state index in [-0.39, 0.29) is 0 Å². The maximum atomic E-state index is 12.0. The van der Waals surface area contributed by atoms with E-state index in [1.807, 2.05) is 25.1 Å². The highest BCUT2D eigenvalue weighted by atomic mass is 16.2. The number of nitrogens with zero attached hydrogens (tertiary/aromatic N) is 2. The van der Waals surface area contributed by atoms with Gasteiger partial charge in [-0.3, -0.25) is 14.6 Å². The van der Waals surface area contributed by atoms with Gasteiger partial charge in [-0.2, -0.15) is 0 Å². The zero-order valence-corrected chi connectivity index (χ0v) is 14.9. The van der Waals surface area contributed by atoms with Crippen LogP contribution in [0.2, 0.25) is 0 Å². The molecule has 6 heteroatoms. The van der Waals surface area contributed by atoms with E-state index in [0.29, 0.717) is 12.2 Å². The van der Waals surface area contributed by atoms with Gasteiger partial charge in [-0.25, -0.2) is 0 Å². The number of carbonyl (C=O) groups is 2. The second-order valence-corrected chi connectivity index (χ2v) is 5.98. The van der Waals surface area contributed by atoms with Crippen LogP contribution >= 0.6 is 0 Å². The highest BCUT2D eigenvalue weighted by Gasteiger charge is 2.14. The van der Waals surface area contributed by atoms with Gasteiger partial charge in [-0.15, -0.1) is 0 Å². The standard InChI is InChI=1S/C19H24N4O2/c1-4-23(3)13-16-7-5-6-15(10-16)11-21-18(24)19(25)22-17-12-20-9-8-14(17)2/h5-10,12H,4,11,13H2,1-3H3,(H,21,24)(H,22,25). The molecule has 0 radical (unpaired) electrons. The van der Waals surface area contributed by atoms with Crippen molar-refractivity contribution in [2.75, 3.05) is 18.9 Å². The number of nitrogens with one attached hydrogen (secondary N) is 2. The molecule has 2 aromatic rings. The average molecular weight is 340 g/mol. The molecule has 6 nitrogen and oxygen atoms in total. The van der Waals surface area contributed by atoms with Gasteiger partial charge in [0.05, 0.1) is 11.9 Å². The number of benzene rings is 1. The van der Waals surface area contributed by atoms with Crippen LogP contribution < -0.4 is 10.6 Å². The van der Waals surface area contributed by atoms with Crippen LogP contribution in [0.25, 0.3) is 0 Å². The third-order valence-corrected chi connectivity index (χ3v) is 3.93. The van der Waals surface area contributed by atoms with Crippen molar-refractivity contribution in [1.29, 1.82) is 0 Å². The Hall–Kier alpha value is -2.73. The molecule has 25 heavy (non-hydrogen) atoms. The molecule has 0 aliphatic heterocycles. The molecular formula is C19H24N4O2. The molecule has 0 atom stereocenters. The first-order valence-electron chi connectivity index (χ1n) is 8.25. The van der Waals surface area contributed by atoms with Crippen LogP contribution in [0.1, 0.15) is 23.6 Å². The molecular weight excluding hydrogens is 316 g/mol. The molecule has 132 valence electrons. The Morgan fingerprint density at radius 3 is 2.64 bits per heavy atom. The molecule has 2 rings (SSSR count). The van der Waals surface area contributed by atoms with Gasteiger partial charge in [-0.1, -0.05) is 31.2 Å². The van der Waals surface area contributed by atoms with E-state index in [0.717, 1.165) is 24.2 Å². The van der Waals surface area contributed by atoms with Crippen LogP contribution in [0.5, 0.6) is 0 Å². The Labute approximate surface area is 148 Å². The van der Waals surface area contributed by atoms with Gasteiger partial charge in [0.1, 0.15) is 0 Å². The number of anilines is 1. The molecule has 0 bridgehead atoms. The lowest BCUT2D eigenvalue weighted by Crippen LogP contribution is -2.35. The molecule has 2 N–H and O–H groups in total. The van der Waals surface area contributed by atoms with Crippen molar-refractivity contribution in [3.63, 3.8) is 0 Å². The highest BCUT2D eigenvalue weighted by molar-refractivity contribution is 6.39. The Morgan fingerprint density at radius 1 is 1.16 bits per heavy atom. The minimum Gasteiger partial charge on any atom is -0.344 e. The number of amides is 2. The summed E-state index contributed by atoms with van der Waals surface area (Å²) in [5.41, 5.74) is 3.52. The minimum atomic E-state index is -0.696. The van der Waals surface area contributed by atoms with Crippen LogP contribution in [0.3, 0.4) is 0 Å². The van der Waals surface area contributed by atoms with E-state index in [1.54, 1.807) is 12.3 Å². The number of carbonyl (C=O) groups excluding carboxylic acids is 2. The second kappa shape index (κ2) is 8.94. The monoisotopic (exact) mass is 340 g/mol. The summed E-state index contributed by atoms with van der Waals surface area (Å²) in [7, 11) is 2.05. The maximum Gasteiger partial charge on any atom is 0.313 e. The van der Waals surface area contributed by atoms with E-state index < -0.39 is 11.8 Å². The molecule has 0 aliphatic carbocycles. The van der Waals surface area contributed by atoms with Crippen LogP contribution in [-0.2, 0) is 22.7 Å². The number of hydrogen-bond donors (Lipinski definition) is 2. The van der Waals surface area contributed by atoms with Gasteiger partial charge in [0.2, 0.25) is 0 Å². The molecule has 0 fully saturated rings. The van der Waals surface area contributed by atoms with Gasteiger partial charge in [0.15, 0.2) is 0 Å². The predicted octanol–water partition coefficient (Wildman–Crippen LogP) is 2.10. The van der Waals surface area contributed by atoms with Crippen molar-refractivity contribution >= 4 is 17.5 Å². The van der Waals surface area contributed by atoms with Gasteiger partial charge in [0, 0.05) is 19.3 Å². The third-order valence-electron chi connectivity index (χ3n) is 3.93. The van der Waals surface area contributed by atoms with Crippen LogP contribution in [0, 0.1) is 6.92 Å². The maximum absolute atomic E-state index is 12.0. The van der Waals surface area contributed by atoms with E-state index in [1.165, 1.54) is 11.8 Å². The molecule has 0 saturated carbocycles. The Bertz CT molecular complexity index is 746. The highest BCUT2D eigenvalue weighted by Crippen LogP contribution is 2.11. The summed E-state index contributed by atoms with van der Waals surface area (Å²) in [6, 6.07) is 9.75. The molecule has 1 heterocycles. The van der Waals surface area contributed by atoms with Crippen molar-refractivity contribution in [2.24, 2.45) is 0 Å². The lowest BCUT2D eigenvalue weighted by molar-refractivity contribution is -0.136. The summed E-state index contributed by atoms with van der Waals surface area (Å²) in [4.78, 5) is 30.1. The zero-order chi connectivity index (χ0) is 18.2. The van der Waals surface area contributed by atoms with E-state index in [2.05, 4.69) is 40.6 Å². The summed E-state index contributed by atoms with van der Waals surface area (Å²) in [5.74, 6) is -1.36. The predicted molar refractivity (Wildman–Crippen MR) is 97.9 cm³/mol. The summed E-state index contributed by atoms with van der Waals surface area (Å²) in [5, 5.41) is 5.22. The van der Waals surface area contributed by atoms with E-state index >= 15 is 0 Å². The lowest BCUT2D eigenvalue weighted by atomic mass is 10.1. The largest absolute Gasteiger partial charge is 0.344 e. The first kappa shape index (κ1) is 18.6. The van der Waals surface area contributed by atoms with Gasteiger partial charge in [-0.05, 0) is 43.3 Å². The van der Waals surface area contributed by atoms with E-state index in [9.17, 15) is 9.59 Å². The van der Waals surface area contributed by atoms with Gasteiger partial charge >= 0.3 is 11.8 Å². The van der Waals surface area contributed by atoms with Crippen LogP contribution in [0.4, 0.5) is 5.69 Å². The number of pyridine rings is 1. The quantitative estimate of drug-likeness (QED) is 0.790. The average Bonchev–Trinajstić information content (AvgIpc) is 2.61. The topological polar surface area (TPSA) is 74.3 Å². The molecule has 1 aromatic heterocycles. The fourth-order valence-corrected chi connectivity index (χ4v) is 2.30. The molecule has 1 aromatic carbocycles. The molecule has 0 saturated heterocycles. The van der Waals surface area contributed by atoms with Crippen LogP contribution in [0.15, 0.2) is 42.7 Å². The Morgan fingerprint density at radius 2 is 1.92 bits per heavy atom. The van der Waals surface area contributed by atoms with Crippen molar-refractivity contribution < 1.29 is 9.59 Å². The first-order chi connectivity index (χ1) is 12.0. The molecule has 0 aliphatic rings. The fourth-order valence-electron chi connectivity index (χ4n) is 2.30. The van der Waals surface area contributed by atoms with Crippen LogP contribution in [-0.4, -0.2) is 35.3 Å². The molecule has 0 unspecified atom stereocenters. The smallest absolute Gasteiger partial charge is 0.313 e. The number of hydrogen-bond acceptors (Lipinski definition) is 4. The van der Waals surface area contributed by atoms with Crippen molar-refractivity contribution in [3.05, 3.63) is 59.4 Å². The summed E-state index contributed by atoms with van der Waals surface area (Å²) in [6.45, 7) is 6.07. The van der Waals surface area contributed by atoms with Gasteiger partial charge in [0.25, 0.3) is 0 Å². The summed E-state index contributed by atoms with van der Waals surface area (Å²) >= 11 is 0. The summed E-state index contributed by atoms with van der Waals surface area (Å²) < 4.78 is 0. The third kappa shape index (κ3) is 5.69. The van der Waals surface area contributed by atoms with Crippen molar-refractivity contribution in [1.82, 2.24) is 15.2 Å². The zero-order valence-electron chi connectivity index (χ0n) is 14.9. The number of aryl methyl sites for hydroxylation is 1. The number of rotatable bonds is 6. The van der Waals surface area contributed by atoms with E-state index in [4.69, 9.17) is 0 Å². The normalized spacial score (nSPS) is 10.6. The Balaban J connectivity index is 1.90. The summed E-state index contributed by atoms with van der Waals surface area (Å²) in [6.07, 6.45) is 3.15. The first-order valence-corrected chi connectivity index (χ1v) is 8.25.